The SMILES string of the molecule is Clc1ccc2oc(-c3cc(-n4cnnc4)ccc3Cl)nc2c1. The fraction of sp³-hybridized carbons (Fsp3) is 0. The number of hydrogen-bond donors (Lipinski definition) is 0. The average Bonchev–Trinajstić information content (AvgIpc) is 3.16. The van der Waals surface area contributed by atoms with Crippen molar-refractivity contribution in [1.82, 2.24) is 19.7 Å². The Balaban J connectivity index is 1.88. The second kappa shape index (κ2) is 5.12. The van der Waals surface area contributed by atoms with Crippen LogP contribution in [-0.4, -0.2) is 19.7 Å². The number of aromatic nitrogens is 4. The van der Waals surface area contributed by atoms with Gasteiger partial charge < -0.3 is 4.42 Å². The molecular weight excluding hydrogens is 323 g/mol. The molecule has 0 saturated carbocycles. The van der Waals surface area contributed by atoms with Crippen molar-refractivity contribution in [3.05, 3.63) is 59.1 Å². The maximum Gasteiger partial charge on any atom is 0.228 e. The van der Waals surface area contributed by atoms with Crippen LogP contribution in [0.5, 0.6) is 0 Å². The average molecular weight is 331 g/mol. The van der Waals surface area contributed by atoms with Crippen LogP contribution in [0, 0.1) is 0 Å². The summed E-state index contributed by atoms with van der Waals surface area (Å²) >= 11 is 12.3. The van der Waals surface area contributed by atoms with Crippen LogP contribution < -0.4 is 0 Å². The fourth-order valence-corrected chi connectivity index (χ4v) is 2.55. The van der Waals surface area contributed by atoms with Crippen LogP contribution in [0.3, 0.4) is 0 Å². The van der Waals surface area contributed by atoms with Crippen molar-refractivity contribution >= 4 is 34.3 Å². The van der Waals surface area contributed by atoms with Gasteiger partial charge in [-0.25, -0.2) is 4.98 Å². The molecule has 0 N–H and O–H groups in total. The van der Waals surface area contributed by atoms with Gasteiger partial charge in [-0.1, -0.05) is 23.2 Å². The summed E-state index contributed by atoms with van der Waals surface area (Å²) in [5.74, 6) is 0.442. The van der Waals surface area contributed by atoms with Crippen LogP contribution in [0.15, 0.2) is 53.5 Å². The summed E-state index contributed by atoms with van der Waals surface area (Å²) in [4.78, 5) is 4.45. The lowest BCUT2D eigenvalue weighted by atomic mass is 10.2. The quantitative estimate of drug-likeness (QED) is 0.547. The predicted molar refractivity (Wildman–Crippen MR) is 84.4 cm³/mol. The molecule has 0 aliphatic carbocycles. The Hall–Kier alpha value is -2.37. The minimum Gasteiger partial charge on any atom is -0.436 e. The first kappa shape index (κ1) is 13.3. The third-order valence-electron chi connectivity index (χ3n) is 3.25. The molecule has 5 nitrogen and oxygen atoms in total. The van der Waals surface area contributed by atoms with Gasteiger partial charge in [-0.15, -0.1) is 10.2 Å². The van der Waals surface area contributed by atoms with E-state index in [-0.39, 0.29) is 0 Å². The molecule has 2 aromatic carbocycles. The fourth-order valence-electron chi connectivity index (χ4n) is 2.19. The van der Waals surface area contributed by atoms with Gasteiger partial charge in [0, 0.05) is 10.7 Å². The van der Waals surface area contributed by atoms with Crippen molar-refractivity contribution in [3.8, 4) is 17.1 Å². The molecular formula is C15H8Cl2N4O. The molecule has 0 spiro atoms. The van der Waals surface area contributed by atoms with Gasteiger partial charge in [-0.2, -0.15) is 0 Å². The normalized spacial score (nSPS) is 11.2. The van der Waals surface area contributed by atoms with Crippen LogP contribution >= 0.6 is 23.2 Å². The highest BCUT2D eigenvalue weighted by atomic mass is 35.5. The molecule has 4 aromatic rings. The van der Waals surface area contributed by atoms with Crippen LogP contribution in [0.2, 0.25) is 10.0 Å². The molecule has 0 bridgehead atoms. The molecule has 7 heteroatoms. The monoisotopic (exact) mass is 330 g/mol. The largest absolute Gasteiger partial charge is 0.436 e. The van der Waals surface area contributed by atoms with Gasteiger partial charge in [0.1, 0.15) is 18.2 Å². The van der Waals surface area contributed by atoms with E-state index >= 15 is 0 Å². The van der Waals surface area contributed by atoms with Crippen molar-refractivity contribution in [2.45, 2.75) is 0 Å². The summed E-state index contributed by atoms with van der Waals surface area (Å²) in [7, 11) is 0. The zero-order valence-corrected chi connectivity index (χ0v) is 12.6. The number of nitrogens with zero attached hydrogens (tertiary/aromatic N) is 4. The van der Waals surface area contributed by atoms with Gasteiger partial charge in [-0.05, 0) is 36.4 Å². The van der Waals surface area contributed by atoms with E-state index in [4.69, 9.17) is 27.6 Å². The molecule has 22 heavy (non-hydrogen) atoms. The summed E-state index contributed by atoms with van der Waals surface area (Å²) in [5, 5.41) is 8.75. The lowest BCUT2D eigenvalue weighted by Gasteiger charge is -2.04. The lowest BCUT2D eigenvalue weighted by molar-refractivity contribution is 0.620. The topological polar surface area (TPSA) is 56.7 Å². The molecule has 0 atom stereocenters. The van der Waals surface area contributed by atoms with Gasteiger partial charge >= 0.3 is 0 Å². The summed E-state index contributed by atoms with van der Waals surface area (Å²) in [6.45, 7) is 0. The van der Waals surface area contributed by atoms with Crippen LogP contribution in [0.25, 0.3) is 28.2 Å². The summed E-state index contributed by atoms with van der Waals surface area (Å²) in [6.07, 6.45) is 3.22. The van der Waals surface area contributed by atoms with Crippen LogP contribution in [-0.2, 0) is 0 Å². The first-order chi connectivity index (χ1) is 10.7. The maximum absolute atomic E-state index is 6.28. The van der Waals surface area contributed by atoms with Gasteiger partial charge in [0.15, 0.2) is 5.58 Å². The van der Waals surface area contributed by atoms with E-state index in [1.165, 1.54) is 0 Å². The number of rotatable bonds is 2. The zero-order chi connectivity index (χ0) is 15.1. The van der Waals surface area contributed by atoms with E-state index < -0.39 is 0 Å². The molecule has 2 aromatic heterocycles. The van der Waals surface area contributed by atoms with Crippen molar-refractivity contribution in [2.24, 2.45) is 0 Å². The van der Waals surface area contributed by atoms with E-state index in [9.17, 15) is 0 Å². The Kier molecular flexibility index (Phi) is 3.10. The van der Waals surface area contributed by atoms with E-state index in [0.717, 1.165) is 5.69 Å². The van der Waals surface area contributed by atoms with E-state index in [1.807, 2.05) is 12.1 Å². The number of benzene rings is 2. The van der Waals surface area contributed by atoms with Crippen molar-refractivity contribution in [2.75, 3.05) is 0 Å². The predicted octanol–water partition coefficient (Wildman–Crippen LogP) is 4.38. The molecule has 0 fully saturated rings. The number of fused-ring (bicyclic) bond motifs is 1. The third-order valence-corrected chi connectivity index (χ3v) is 3.81. The van der Waals surface area contributed by atoms with Crippen LogP contribution in [0.4, 0.5) is 0 Å². The minimum atomic E-state index is 0.442. The summed E-state index contributed by atoms with van der Waals surface area (Å²) in [6, 6.07) is 10.8. The van der Waals surface area contributed by atoms with Crippen molar-refractivity contribution in [1.29, 1.82) is 0 Å². The third kappa shape index (κ3) is 2.24. The molecule has 0 saturated heterocycles. The Morgan fingerprint density at radius 2 is 1.77 bits per heavy atom. The maximum atomic E-state index is 6.28. The summed E-state index contributed by atoms with van der Waals surface area (Å²) < 4.78 is 7.54. The van der Waals surface area contributed by atoms with Crippen molar-refractivity contribution in [3.63, 3.8) is 0 Å². The number of oxazole rings is 1. The first-order valence-corrected chi connectivity index (χ1v) is 7.17. The Bertz CT molecular complexity index is 963. The first-order valence-electron chi connectivity index (χ1n) is 6.42. The lowest BCUT2D eigenvalue weighted by Crippen LogP contribution is -1.91. The van der Waals surface area contributed by atoms with Gasteiger partial charge in [-0.3, -0.25) is 4.57 Å². The summed E-state index contributed by atoms with van der Waals surface area (Å²) in [5.41, 5.74) is 2.91. The van der Waals surface area contributed by atoms with Crippen LogP contribution in [0.1, 0.15) is 0 Å². The van der Waals surface area contributed by atoms with Crippen molar-refractivity contribution < 1.29 is 4.42 Å². The van der Waals surface area contributed by atoms with E-state index in [1.54, 1.807) is 41.5 Å². The van der Waals surface area contributed by atoms with Gasteiger partial charge in [0.25, 0.3) is 0 Å². The molecule has 2 heterocycles. The molecule has 108 valence electrons. The second-order valence-corrected chi connectivity index (χ2v) is 5.51. The highest BCUT2D eigenvalue weighted by molar-refractivity contribution is 6.33. The molecule has 0 unspecified atom stereocenters. The molecule has 4 rings (SSSR count). The Morgan fingerprint density at radius 1 is 0.955 bits per heavy atom. The molecule has 0 aliphatic heterocycles. The highest BCUT2D eigenvalue weighted by Crippen LogP contribution is 2.32. The molecule has 0 radical (unpaired) electrons. The van der Waals surface area contributed by atoms with Gasteiger partial charge in [0.2, 0.25) is 5.89 Å². The van der Waals surface area contributed by atoms with E-state index in [0.29, 0.717) is 32.6 Å². The zero-order valence-electron chi connectivity index (χ0n) is 11.1. The number of hydrogen-bond acceptors (Lipinski definition) is 4. The van der Waals surface area contributed by atoms with Gasteiger partial charge in [0.05, 0.1) is 10.6 Å². The standard InChI is InChI=1S/C15H8Cl2N4O/c16-9-1-4-14-13(5-9)20-15(22-14)11-6-10(2-3-12(11)17)21-7-18-19-8-21/h1-8H. The highest BCUT2D eigenvalue weighted by Gasteiger charge is 2.13. The molecule has 0 aliphatic rings. The Labute approximate surface area is 135 Å². The smallest absolute Gasteiger partial charge is 0.228 e. The molecule has 0 amide bonds. The van der Waals surface area contributed by atoms with E-state index in [2.05, 4.69) is 15.2 Å². The second-order valence-electron chi connectivity index (χ2n) is 4.66. The number of halogens is 2. The minimum absolute atomic E-state index is 0.442. The Morgan fingerprint density at radius 3 is 2.59 bits per heavy atom.